The number of piperidine rings is 1. The molecule has 0 N–H and O–H groups in total. The molecule has 2 saturated heterocycles. The summed E-state index contributed by atoms with van der Waals surface area (Å²) in [6.45, 7) is 1.26. The Balaban J connectivity index is 1.43. The molecule has 0 atom stereocenters. The van der Waals surface area contributed by atoms with E-state index in [1.165, 1.54) is 19.2 Å². The van der Waals surface area contributed by atoms with Crippen LogP contribution in [0, 0.1) is 5.82 Å². The number of carbonyl (C=O) groups is 3. The number of thioether (sulfide) groups is 1. The van der Waals surface area contributed by atoms with Crippen molar-refractivity contribution >= 4 is 34.9 Å². The fourth-order valence-corrected chi connectivity index (χ4v) is 4.69. The minimum absolute atomic E-state index is 0.164. The smallest absolute Gasteiger partial charge is 0.294 e. The van der Waals surface area contributed by atoms with Gasteiger partial charge in [0.25, 0.3) is 11.1 Å². The monoisotopic (exact) mass is 484 g/mol. The number of halogens is 1. The minimum Gasteiger partial charge on any atom is -0.493 e. The lowest BCUT2D eigenvalue weighted by atomic mass is 10.1. The molecule has 0 radical (unpaired) electrons. The third-order valence-corrected chi connectivity index (χ3v) is 6.55. The zero-order valence-corrected chi connectivity index (χ0v) is 19.6. The van der Waals surface area contributed by atoms with Gasteiger partial charge in [-0.3, -0.25) is 19.3 Å². The standard InChI is InChI=1S/C25H25FN2O5S/c1-32-21-13-17(8-9-20(21)33-16-18-6-5-7-19(26)12-18)14-22-24(30)28(25(31)34-22)15-23(29)27-10-3-2-4-11-27/h5-9,12-14H,2-4,10-11,15-16H2,1H3/b22-14-. The van der Waals surface area contributed by atoms with Gasteiger partial charge >= 0.3 is 0 Å². The van der Waals surface area contributed by atoms with Crippen molar-refractivity contribution in [3.63, 3.8) is 0 Å². The van der Waals surface area contributed by atoms with Gasteiger partial charge in [0, 0.05) is 13.1 Å². The highest BCUT2D eigenvalue weighted by molar-refractivity contribution is 8.18. The lowest BCUT2D eigenvalue weighted by molar-refractivity contribution is -0.136. The second-order valence-electron chi connectivity index (χ2n) is 8.04. The minimum atomic E-state index is -0.481. The summed E-state index contributed by atoms with van der Waals surface area (Å²) >= 11 is 0.812. The molecule has 178 valence electrons. The molecule has 7 nitrogen and oxygen atoms in total. The molecule has 2 aromatic carbocycles. The predicted octanol–water partition coefficient (Wildman–Crippen LogP) is 4.46. The molecule has 0 spiro atoms. The first kappa shape index (κ1) is 23.8. The van der Waals surface area contributed by atoms with E-state index in [1.807, 2.05) is 0 Å². The lowest BCUT2D eigenvalue weighted by Gasteiger charge is -2.27. The number of hydrogen-bond acceptors (Lipinski definition) is 6. The maximum absolute atomic E-state index is 13.4. The van der Waals surface area contributed by atoms with E-state index in [4.69, 9.17) is 9.47 Å². The Hall–Kier alpha value is -3.33. The Morgan fingerprint density at radius 3 is 2.62 bits per heavy atom. The van der Waals surface area contributed by atoms with Crippen molar-refractivity contribution in [1.82, 2.24) is 9.80 Å². The summed E-state index contributed by atoms with van der Waals surface area (Å²) in [6, 6.07) is 11.2. The van der Waals surface area contributed by atoms with E-state index in [2.05, 4.69) is 0 Å². The van der Waals surface area contributed by atoms with Gasteiger partial charge in [0.2, 0.25) is 5.91 Å². The Morgan fingerprint density at radius 2 is 1.88 bits per heavy atom. The summed E-state index contributed by atoms with van der Waals surface area (Å²) in [6.07, 6.45) is 4.57. The number of rotatable bonds is 7. The number of imide groups is 1. The molecule has 0 saturated carbocycles. The number of ether oxygens (including phenoxy) is 2. The van der Waals surface area contributed by atoms with Gasteiger partial charge in [-0.05, 0) is 72.5 Å². The van der Waals surface area contributed by atoms with Crippen LogP contribution in [0.4, 0.5) is 9.18 Å². The van der Waals surface area contributed by atoms with Crippen LogP contribution in [0.15, 0.2) is 47.4 Å². The van der Waals surface area contributed by atoms with Gasteiger partial charge in [0.1, 0.15) is 19.0 Å². The average Bonchev–Trinajstić information content (AvgIpc) is 3.11. The first-order valence-corrected chi connectivity index (χ1v) is 11.8. The Morgan fingerprint density at radius 1 is 1.09 bits per heavy atom. The van der Waals surface area contributed by atoms with Crippen LogP contribution < -0.4 is 9.47 Å². The van der Waals surface area contributed by atoms with Crippen molar-refractivity contribution in [2.45, 2.75) is 25.9 Å². The fraction of sp³-hybridized carbons (Fsp3) is 0.320. The summed E-state index contributed by atoms with van der Waals surface area (Å²) in [4.78, 5) is 40.7. The van der Waals surface area contributed by atoms with Crippen LogP contribution in [-0.4, -0.2) is 53.6 Å². The molecule has 2 aliphatic rings. The van der Waals surface area contributed by atoms with Crippen LogP contribution in [0.25, 0.3) is 6.08 Å². The third kappa shape index (κ3) is 5.59. The van der Waals surface area contributed by atoms with E-state index in [9.17, 15) is 18.8 Å². The largest absolute Gasteiger partial charge is 0.493 e. The van der Waals surface area contributed by atoms with Gasteiger partial charge in [-0.15, -0.1) is 0 Å². The highest BCUT2D eigenvalue weighted by Crippen LogP contribution is 2.35. The molecule has 0 bridgehead atoms. The zero-order chi connectivity index (χ0) is 24.1. The summed E-state index contributed by atoms with van der Waals surface area (Å²) in [5.41, 5.74) is 1.32. The molecule has 0 aromatic heterocycles. The van der Waals surface area contributed by atoms with E-state index in [0.29, 0.717) is 35.7 Å². The van der Waals surface area contributed by atoms with Crippen molar-refractivity contribution in [2.75, 3.05) is 26.7 Å². The Labute approximate surface area is 201 Å². The van der Waals surface area contributed by atoms with Crippen LogP contribution >= 0.6 is 11.8 Å². The van der Waals surface area contributed by atoms with Gasteiger partial charge in [-0.1, -0.05) is 18.2 Å². The second-order valence-corrected chi connectivity index (χ2v) is 9.03. The number of hydrogen-bond donors (Lipinski definition) is 0. The average molecular weight is 485 g/mol. The summed E-state index contributed by atoms with van der Waals surface area (Å²) < 4.78 is 24.5. The number of carbonyl (C=O) groups excluding carboxylic acids is 3. The third-order valence-electron chi connectivity index (χ3n) is 5.64. The Kier molecular flexibility index (Phi) is 7.52. The zero-order valence-electron chi connectivity index (χ0n) is 18.8. The van der Waals surface area contributed by atoms with E-state index in [1.54, 1.807) is 41.3 Å². The second kappa shape index (κ2) is 10.7. The molecule has 0 unspecified atom stereocenters. The maximum Gasteiger partial charge on any atom is 0.294 e. The predicted molar refractivity (Wildman–Crippen MR) is 127 cm³/mol. The van der Waals surface area contributed by atoms with Gasteiger partial charge in [0.05, 0.1) is 12.0 Å². The van der Waals surface area contributed by atoms with Gasteiger partial charge in [0.15, 0.2) is 11.5 Å². The number of amides is 3. The number of methoxy groups -OCH3 is 1. The molecule has 2 fully saturated rings. The topological polar surface area (TPSA) is 76.2 Å². The summed E-state index contributed by atoms with van der Waals surface area (Å²) in [5.74, 6) is -0.126. The highest BCUT2D eigenvalue weighted by Gasteiger charge is 2.37. The van der Waals surface area contributed by atoms with Crippen LogP contribution in [0.3, 0.4) is 0 Å². The first-order chi connectivity index (χ1) is 16.4. The van der Waals surface area contributed by atoms with Crippen molar-refractivity contribution in [3.05, 3.63) is 64.3 Å². The molecule has 4 rings (SSSR count). The van der Waals surface area contributed by atoms with Gasteiger partial charge in [-0.25, -0.2) is 4.39 Å². The number of benzene rings is 2. The van der Waals surface area contributed by atoms with Crippen LogP contribution in [0.1, 0.15) is 30.4 Å². The molecule has 2 aromatic rings. The number of nitrogens with zero attached hydrogens (tertiary/aromatic N) is 2. The summed E-state index contributed by atoms with van der Waals surface area (Å²) in [5, 5.41) is -0.455. The fourth-order valence-electron chi connectivity index (χ4n) is 3.85. The van der Waals surface area contributed by atoms with Crippen molar-refractivity contribution in [3.8, 4) is 11.5 Å². The van der Waals surface area contributed by atoms with E-state index < -0.39 is 11.1 Å². The SMILES string of the molecule is COc1cc(/C=C2\SC(=O)N(CC(=O)N3CCCCC3)C2=O)ccc1OCc1cccc(F)c1. The van der Waals surface area contributed by atoms with Crippen molar-refractivity contribution in [2.24, 2.45) is 0 Å². The van der Waals surface area contributed by atoms with Crippen LogP contribution in [0.5, 0.6) is 11.5 Å². The summed E-state index contributed by atoms with van der Waals surface area (Å²) in [7, 11) is 1.49. The van der Waals surface area contributed by atoms with E-state index in [-0.39, 0.29) is 29.8 Å². The molecular weight excluding hydrogens is 459 g/mol. The molecule has 0 aliphatic carbocycles. The molecular formula is C25H25FN2O5S. The van der Waals surface area contributed by atoms with Crippen LogP contribution in [0.2, 0.25) is 0 Å². The van der Waals surface area contributed by atoms with E-state index >= 15 is 0 Å². The van der Waals surface area contributed by atoms with Crippen molar-refractivity contribution < 1.29 is 28.2 Å². The Bertz CT molecular complexity index is 1130. The first-order valence-electron chi connectivity index (χ1n) is 11.0. The maximum atomic E-state index is 13.4. The molecule has 3 amide bonds. The molecule has 9 heteroatoms. The quantitative estimate of drug-likeness (QED) is 0.540. The van der Waals surface area contributed by atoms with Gasteiger partial charge in [-0.2, -0.15) is 0 Å². The lowest BCUT2D eigenvalue weighted by Crippen LogP contribution is -2.44. The highest BCUT2D eigenvalue weighted by atomic mass is 32.2. The number of likely N-dealkylation sites (tertiary alicyclic amines) is 1. The molecule has 2 heterocycles. The normalized spacial score (nSPS) is 17.4. The van der Waals surface area contributed by atoms with Crippen LogP contribution in [-0.2, 0) is 16.2 Å². The van der Waals surface area contributed by atoms with E-state index in [0.717, 1.165) is 35.9 Å². The van der Waals surface area contributed by atoms with Gasteiger partial charge < -0.3 is 14.4 Å². The molecule has 34 heavy (non-hydrogen) atoms. The van der Waals surface area contributed by atoms with Crippen molar-refractivity contribution in [1.29, 1.82) is 0 Å². The molecule has 2 aliphatic heterocycles.